The highest BCUT2D eigenvalue weighted by molar-refractivity contribution is 8.00. The SMILES string of the molecule is CCNC(=O)CCN1C(=O)CS[C@H]1c1ccc(F)cc1F. The van der Waals surface area contributed by atoms with Crippen LogP contribution < -0.4 is 5.32 Å². The molecule has 1 aromatic rings. The molecule has 0 unspecified atom stereocenters. The Kier molecular flexibility index (Phi) is 5.17. The van der Waals surface area contributed by atoms with Crippen molar-refractivity contribution >= 4 is 23.6 Å². The molecular weight excluding hydrogens is 298 g/mol. The van der Waals surface area contributed by atoms with Gasteiger partial charge in [0.25, 0.3) is 0 Å². The molecule has 4 nitrogen and oxygen atoms in total. The summed E-state index contributed by atoms with van der Waals surface area (Å²) in [6.07, 6.45) is 0.166. The van der Waals surface area contributed by atoms with Gasteiger partial charge in [0.2, 0.25) is 11.8 Å². The number of hydrogen-bond acceptors (Lipinski definition) is 3. The van der Waals surface area contributed by atoms with Crippen LogP contribution in [-0.4, -0.2) is 35.6 Å². The van der Waals surface area contributed by atoms with Crippen LogP contribution in [0.2, 0.25) is 0 Å². The summed E-state index contributed by atoms with van der Waals surface area (Å²) in [5.41, 5.74) is 0.267. The third-order valence-electron chi connectivity index (χ3n) is 3.15. The largest absolute Gasteiger partial charge is 0.356 e. The molecule has 1 N–H and O–H groups in total. The van der Waals surface area contributed by atoms with Crippen molar-refractivity contribution in [3.05, 3.63) is 35.4 Å². The second-order valence-electron chi connectivity index (χ2n) is 4.62. The fourth-order valence-electron chi connectivity index (χ4n) is 2.16. The summed E-state index contributed by atoms with van der Waals surface area (Å²) in [5, 5.41) is 2.14. The van der Waals surface area contributed by atoms with E-state index in [-0.39, 0.29) is 36.1 Å². The summed E-state index contributed by atoms with van der Waals surface area (Å²) < 4.78 is 26.8. The van der Waals surface area contributed by atoms with E-state index in [0.29, 0.717) is 6.54 Å². The maximum absolute atomic E-state index is 13.9. The van der Waals surface area contributed by atoms with Crippen LogP contribution in [0, 0.1) is 11.6 Å². The Morgan fingerprint density at radius 1 is 1.48 bits per heavy atom. The van der Waals surface area contributed by atoms with Crippen LogP contribution in [0.1, 0.15) is 24.3 Å². The molecule has 0 bridgehead atoms. The number of thioether (sulfide) groups is 1. The average Bonchev–Trinajstić information content (AvgIpc) is 2.78. The molecule has 2 rings (SSSR count). The first kappa shape index (κ1) is 15.8. The highest BCUT2D eigenvalue weighted by Gasteiger charge is 2.34. The van der Waals surface area contributed by atoms with Gasteiger partial charge in [-0.1, -0.05) is 6.07 Å². The Morgan fingerprint density at radius 3 is 2.90 bits per heavy atom. The van der Waals surface area contributed by atoms with E-state index in [1.54, 1.807) is 0 Å². The minimum Gasteiger partial charge on any atom is -0.356 e. The molecule has 1 heterocycles. The zero-order chi connectivity index (χ0) is 15.4. The summed E-state index contributed by atoms with van der Waals surface area (Å²) in [6.45, 7) is 2.56. The quantitative estimate of drug-likeness (QED) is 0.905. The molecule has 1 aromatic carbocycles. The van der Waals surface area contributed by atoms with E-state index in [1.165, 1.54) is 28.8 Å². The van der Waals surface area contributed by atoms with Crippen LogP contribution in [0.5, 0.6) is 0 Å². The minimum atomic E-state index is -0.676. The number of nitrogens with zero attached hydrogens (tertiary/aromatic N) is 1. The first-order valence-corrected chi connectivity index (χ1v) is 7.70. The van der Waals surface area contributed by atoms with E-state index in [2.05, 4.69) is 5.32 Å². The van der Waals surface area contributed by atoms with Crippen LogP contribution in [0.4, 0.5) is 8.78 Å². The number of nitrogens with one attached hydrogen (secondary N) is 1. The lowest BCUT2D eigenvalue weighted by molar-refractivity contribution is -0.129. The predicted molar refractivity (Wildman–Crippen MR) is 76.6 cm³/mol. The number of amides is 2. The predicted octanol–water partition coefficient (Wildman–Crippen LogP) is 2.06. The molecule has 7 heteroatoms. The molecule has 0 aromatic heterocycles. The fourth-order valence-corrected chi connectivity index (χ4v) is 3.40. The molecule has 1 atom stereocenters. The normalized spacial score (nSPS) is 18.1. The standard InChI is InChI=1S/C14H16F2N2O2S/c1-2-17-12(19)5-6-18-13(20)8-21-14(18)10-4-3-9(15)7-11(10)16/h3-4,7,14H,2,5-6,8H2,1H3,(H,17,19)/t14-/m0/s1. The summed E-state index contributed by atoms with van der Waals surface area (Å²) in [4.78, 5) is 24.8. The molecule has 21 heavy (non-hydrogen) atoms. The number of halogens is 2. The molecule has 0 saturated carbocycles. The highest BCUT2D eigenvalue weighted by Crippen LogP contribution is 2.39. The van der Waals surface area contributed by atoms with E-state index in [4.69, 9.17) is 0 Å². The van der Waals surface area contributed by atoms with Crippen LogP contribution in [0.25, 0.3) is 0 Å². The lowest BCUT2D eigenvalue weighted by Crippen LogP contribution is -2.33. The van der Waals surface area contributed by atoms with Gasteiger partial charge in [0.15, 0.2) is 0 Å². The van der Waals surface area contributed by atoms with Crippen molar-refractivity contribution < 1.29 is 18.4 Å². The van der Waals surface area contributed by atoms with Crippen molar-refractivity contribution in [3.63, 3.8) is 0 Å². The zero-order valence-corrected chi connectivity index (χ0v) is 12.4. The van der Waals surface area contributed by atoms with Crippen molar-refractivity contribution in [1.29, 1.82) is 0 Å². The van der Waals surface area contributed by atoms with Gasteiger partial charge in [-0.2, -0.15) is 0 Å². The first-order valence-electron chi connectivity index (χ1n) is 6.65. The monoisotopic (exact) mass is 314 g/mol. The minimum absolute atomic E-state index is 0.141. The van der Waals surface area contributed by atoms with Crippen molar-refractivity contribution in [2.24, 2.45) is 0 Å². The zero-order valence-electron chi connectivity index (χ0n) is 11.6. The van der Waals surface area contributed by atoms with E-state index in [0.717, 1.165) is 6.07 Å². The van der Waals surface area contributed by atoms with Gasteiger partial charge in [-0.25, -0.2) is 8.78 Å². The third kappa shape index (κ3) is 3.72. The van der Waals surface area contributed by atoms with Gasteiger partial charge in [-0.3, -0.25) is 9.59 Å². The van der Waals surface area contributed by atoms with Gasteiger partial charge in [-0.15, -0.1) is 11.8 Å². The van der Waals surface area contributed by atoms with Crippen LogP contribution in [0.15, 0.2) is 18.2 Å². The van der Waals surface area contributed by atoms with Gasteiger partial charge < -0.3 is 10.2 Å². The summed E-state index contributed by atoms with van der Waals surface area (Å²) >= 11 is 1.28. The maximum atomic E-state index is 13.9. The van der Waals surface area contributed by atoms with Gasteiger partial charge in [0.05, 0.1) is 5.75 Å². The van der Waals surface area contributed by atoms with Gasteiger partial charge >= 0.3 is 0 Å². The number of benzene rings is 1. The molecular formula is C14H16F2N2O2S. The van der Waals surface area contributed by atoms with Gasteiger partial charge in [0, 0.05) is 31.1 Å². The molecule has 114 valence electrons. The Balaban J connectivity index is 2.11. The smallest absolute Gasteiger partial charge is 0.233 e. The van der Waals surface area contributed by atoms with Crippen LogP contribution in [-0.2, 0) is 9.59 Å². The van der Waals surface area contributed by atoms with Crippen molar-refractivity contribution in [3.8, 4) is 0 Å². The molecule has 0 spiro atoms. The van der Waals surface area contributed by atoms with E-state index in [9.17, 15) is 18.4 Å². The molecule has 2 amide bonds. The topological polar surface area (TPSA) is 49.4 Å². The van der Waals surface area contributed by atoms with Gasteiger partial charge in [0.1, 0.15) is 17.0 Å². The molecule has 0 aliphatic carbocycles. The molecule has 1 aliphatic rings. The number of carbonyl (C=O) groups excluding carboxylic acids is 2. The Morgan fingerprint density at radius 2 is 2.24 bits per heavy atom. The molecule has 1 fully saturated rings. The second-order valence-corrected chi connectivity index (χ2v) is 5.69. The fraction of sp³-hybridized carbons (Fsp3) is 0.429. The van der Waals surface area contributed by atoms with Gasteiger partial charge in [-0.05, 0) is 13.0 Å². The highest BCUT2D eigenvalue weighted by atomic mass is 32.2. The average molecular weight is 314 g/mol. The van der Waals surface area contributed by atoms with Crippen molar-refractivity contribution in [2.75, 3.05) is 18.8 Å². The summed E-state index contributed by atoms with van der Waals surface area (Å²) in [6, 6.07) is 3.32. The van der Waals surface area contributed by atoms with E-state index < -0.39 is 17.0 Å². The summed E-state index contributed by atoms with van der Waals surface area (Å²) in [7, 11) is 0. The lowest BCUT2D eigenvalue weighted by Gasteiger charge is -2.24. The molecule has 1 saturated heterocycles. The number of rotatable bonds is 5. The Bertz CT molecular complexity index is 554. The maximum Gasteiger partial charge on any atom is 0.233 e. The second kappa shape index (κ2) is 6.89. The van der Waals surface area contributed by atoms with E-state index in [1.807, 2.05) is 6.92 Å². The van der Waals surface area contributed by atoms with Crippen LogP contribution >= 0.6 is 11.8 Å². The first-order chi connectivity index (χ1) is 10.0. The molecule has 0 radical (unpaired) electrons. The number of hydrogen-bond donors (Lipinski definition) is 1. The Labute approximate surface area is 125 Å². The Hall–Kier alpha value is -1.63. The lowest BCUT2D eigenvalue weighted by atomic mass is 10.2. The van der Waals surface area contributed by atoms with Crippen LogP contribution in [0.3, 0.4) is 0 Å². The van der Waals surface area contributed by atoms with Crippen molar-refractivity contribution in [1.82, 2.24) is 10.2 Å². The van der Waals surface area contributed by atoms with Crippen molar-refractivity contribution in [2.45, 2.75) is 18.7 Å². The van der Waals surface area contributed by atoms with E-state index >= 15 is 0 Å². The molecule has 1 aliphatic heterocycles. The summed E-state index contributed by atoms with van der Waals surface area (Å²) in [5.74, 6) is -1.39. The number of carbonyl (C=O) groups is 2. The third-order valence-corrected chi connectivity index (χ3v) is 4.39.